The molecule has 1 atom stereocenters. The van der Waals surface area contributed by atoms with Crippen LogP contribution in [-0.2, 0) is 4.79 Å². The Bertz CT molecular complexity index is 588. The van der Waals surface area contributed by atoms with Crippen LogP contribution < -0.4 is 15.2 Å². The van der Waals surface area contributed by atoms with Crippen LogP contribution in [-0.4, -0.2) is 18.6 Å². The highest BCUT2D eigenvalue weighted by molar-refractivity contribution is 5.70. The molecule has 110 valence electrons. The van der Waals surface area contributed by atoms with E-state index in [9.17, 15) is 4.79 Å². The molecule has 1 unspecified atom stereocenters. The zero-order chi connectivity index (χ0) is 15.2. The zero-order valence-electron chi connectivity index (χ0n) is 12.2. The molecule has 2 aromatic rings. The zero-order valence-corrected chi connectivity index (χ0v) is 12.2. The molecule has 0 bridgehead atoms. The summed E-state index contributed by atoms with van der Waals surface area (Å²) in [4.78, 5) is 10.9. The molecule has 0 aliphatic rings. The van der Waals surface area contributed by atoms with Gasteiger partial charge in [0.15, 0.2) is 0 Å². The molecule has 0 amide bonds. The highest BCUT2D eigenvalue weighted by Gasteiger charge is 2.02. The van der Waals surface area contributed by atoms with Gasteiger partial charge in [-0.05, 0) is 42.3 Å². The van der Waals surface area contributed by atoms with Gasteiger partial charge in [0.25, 0.3) is 0 Å². The van der Waals surface area contributed by atoms with E-state index in [-0.39, 0.29) is 12.0 Å². The number of carbonyl (C=O) groups is 1. The topological polar surface area (TPSA) is 61.5 Å². The van der Waals surface area contributed by atoms with Crippen molar-refractivity contribution in [3.8, 4) is 22.6 Å². The highest BCUT2D eigenvalue weighted by Crippen LogP contribution is 2.24. The molecule has 0 fully saturated rings. The predicted molar refractivity (Wildman–Crippen MR) is 82.3 cm³/mol. The lowest BCUT2D eigenvalue weighted by Gasteiger charge is -2.09. The molecule has 2 N–H and O–H groups in total. The molecule has 0 aromatic heterocycles. The van der Waals surface area contributed by atoms with Crippen molar-refractivity contribution in [2.75, 3.05) is 6.61 Å². The summed E-state index contributed by atoms with van der Waals surface area (Å²) in [7, 11) is 0. The molecule has 0 spiro atoms. The predicted octanol–water partition coefficient (Wildman–Crippen LogP) is 3.00. The van der Waals surface area contributed by atoms with Crippen molar-refractivity contribution < 1.29 is 14.3 Å². The van der Waals surface area contributed by atoms with E-state index in [1.54, 1.807) is 12.1 Å². The van der Waals surface area contributed by atoms with Crippen LogP contribution in [0.5, 0.6) is 11.5 Å². The van der Waals surface area contributed by atoms with Gasteiger partial charge in [0, 0.05) is 13.0 Å². The van der Waals surface area contributed by atoms with Crippen LogP contribution in [0.4, 0.5) is 0 Å². The Hall–Kier alpha value is -2.33. The van der Waals surface area contributed by atoms with E-state index < -0.39 is 0 Å². The first-order valence-electron chi connectivity index (χ1n) is 6.82. The van der Waals surface area contributed by atoms with Crippen molar-refractivity contribution in [3.63, 3.8) is 0 Å². The highest BCUT2D eigenvalue weighted by atomic mass is 16.5. The van der Waals surface area contributed by atoms with E-state index in [1.165, 1.54) is 6.92 Å². The van der Waals surface area contributed by atoms with Crippen LogP contribution in [0.15, 0.2) is 48.5 Å². The summed E-state index contributed by atoms with van der Waals surface area (Å²) >= 11 is 0. The number of benzene rings is 2. The van der Waals surface area contributed by atoms with Crippen molar-refractivity contribution in [3.05, 3.63) is 48.5 Å². The lowest BCUT2D eigenvalue weighted by Crippen LogP contribution is -2.23. The number of esters is 1. The minimum Gasteiger partial charge on any atom is -0.492 e. The summed E-state index contributed by atoms with van der Waals surface area (Å²) in [6.45, 7) is 3.78. The molecular weight excluding hydrogens is 266 g/mol. The van der Waals surface area contributed by atoms with Gasteiger partial charge in [0.05, 0.1) is 0 Å². The lowest BCUT2D eigenvalue weighted by molar-refractivity contribution is -0.131. The van der Waals surface area contributed by atoms with Gasteiger partial charge in [-0.25, -0.2) is 0 Å². The Kier molecular flexibility index (Phi) is 4.95. The van der Waals surface area contributed by atoms with Gasteiger partial charge in [-0.15, -0.1) is 0 Å². The summed E-state index contributed by atoms with van der Waals surface area (Å²) < 4.78 is 10.5. The Morgan fingerprint density at radius 2 is 1.48 bits per heavy atom. The van der Waals surface area contributed by atoms with Crippen LogP contribution >= 0.6 is 0 Å². The lowest BCUT2D eigenvalue weighted by atomic mass is 10.1. The van der Waals surface area contributed by atoms with Gasteiger partial charge >= 0.3 is 5.97 Å². The molecular formula is C17H19NO3. The molecule has 0 heterocycles. The largest absolute Gasteiger partial charge is 0.492 e. The van der Waals surface area contributed by atoms with Crippen molar-refractivity contribution in [1.29, 1.82) is 0 Å². The first kappa shape index (κ1) is 15.1. The molecule has 4 heteroatoms. The molecule has 0 saturated carbocycles. The van der Waals surface area contributed by atoms with E-state index in [4.69, 9.17) is 15.2 Å². The van der Waals surface area contributed by atoms with Gasteiger partial charge < -0.3 is 15.2 Å². The Morgan fingerprint density at radius 3 is 1.90 bits per heavy atom. The summed E-state index contributed by atoms with van der Waals surface area (Å²) in [5, 5.41) is 0. The maximum absolute atomic E-state index is 10.9. The van der Waals surface area contributed by atoms with E-state index in [1.807, 2.05) is 43.3 Å². The van der Waals surface area contributed by atoms with Crippen LogP contribution in [0.1, 0.15) is 13.8 Å². The van der Waals surface area contributed by atoms with Crippen molar-refractivity contribution in [2.45, 2.75) is 19.9 Å². The molecule has 21 heavy (non-hydrogen) atoms. The van der Waals surface area contributed by atoms with Crippen molar-refractivity contribution in [2.24, 2.45) is 5.73 Å². The van der Waals surface area contributed by atoms with Gasteiger partial charge in [0.1, 0.15) is 18.1 Å². The molecule has 0 radical (unpaired) electrons. The Balaban J connectivity index is 2.06. The minimum absolute atomic E-state index is 0.0125. The fourth-order valence-electron chi connectivity index (χ4n) is 1.85. The maximum atomic E-state index is 10.9. The number of nitrogens with two attached hydrogens (primary N) is 1. The first-order valence-corrected chi connectivity index (χ1v) is 6.82. The number of ether oxygens (including phenoxy) is 2. The number of hydrogen-bond acceptors (Lipinski definition) is 4. The third-order valence-electron chi connectivity index (χ3n) is 2.82. The van der Waals surface area contributed by atoms with Gasteiger partial charge in [-0.1, -0.05) is 24.3 Å². The molecule has 0 saturated heterocycles. The smallest absolute Gasteiger partial charge is 0.308 e. The molecule has 0 aliphatic carbocycles. The second-order valence-corrected chi connectivity index (χ2v) is 4.93. The average Bonchev–Trinajstić information content (AvgIpc) is 2.46. The Morgan fingerprint density at radius 1 is 1.00 bits per heavy atom. The summed E-state index contributed by atoms with van der Waals surface area (Å²) in [5.74, 6) is 1.02. The normalized spacial score (nSPS) is 11.8. The monoisotopic (exact) mass is 285 g/mol. The molecule has 0 aliphatic heterocycles. The van der Waals surface area contributed by atoms with E-state index >= 15 is 0 Å². The number of carbonyl (C=O) groups excluding carboxylic acids is 1. The SMILES string of the molecule is CC(=O)Oc1ccc(-c2ccc(OCC(C)N)cc2)cc1. The quantitative estimate of drug-likeness (QED) is 0.677. The van der Waals surface area contributed by atoms with Gasteiger partial charge in [0.2, 0.25) is 0 Å². The summed E-state index contributed by atoms with van der Waals surface area (Å²) in [6.07, 6.45) is 0. The Labute approximate surface area is 124 Å². The van der Waals surface area contributed by atoms with Crippen LogP contribution in [0.2, 0.25) is 0 Å². The maximum Gasteiger partial charge on any atom is 0.308 e. The average molecular weight is 285 g/mol. The molecule has 2 aromatic carbocycles. The number of hydrogen-bond donors (Lipinski definition) is 1. The van der Waals surface area contributed by atoms with Crippen molar-refractivity contribution >= 4 is 5.97 Å². The second-order valence-electron chi connectivity index (χ2n) is 4.93. The van der Waals surface area contributed by atoms with E-state index in [2.05, 4.69) is 0 Å². The summed E-state index contributed by atoms with van der Waals surface area (Å²) in [6, 6.07) is 15.2. The van der Waals surface area contributed by atoms with Crippen molar-refractivity contribution in [1.82, 2.24) is 0 Å². The fraction of sp³-hybridized carbons (Fsp3) is 0.235. The second kappa shape index (κ2) is 6.90. The fourth-order valence-corrected chi connectivity index (χ4v) is 1.85. The number of rotatable bonds is 5. The summed E-state index contributed by atoms with van der Waals surface area (Å²) in [5.41, 5.74) is 7.76. The van der Waals surface area contributed by atoms with Crippen LogP contribution in [0, 0.1) is 0 Å². The minimum atomic E-state index is -0.321. The molecule has 2 rings (SSSR count). The third-order valence-corrected chi connectivity index (χ3v) is 2.82. The molecule has 4 nitrogen and oxygen atoms in total. The van der Waals surface area contributed by atoms with E-state index in [0.717, 1.165) is 16.9 Å². The first-order chi connectivity index (χ1) is 10.0. The standard InChI is InChI=1S/C17H19NO3/c1-12(18)11-20-16-7-3-14(4-8-16)15-5-9-17(10-6-15)21-13(2)19/h3-10,12H,11,18H2,1-2H3. The van der Waals surface area contributed by atoms with Gasteiger partial charge in [-0.3, -0.25) is 4.79 Å². The van der Waals surface area contributed by atoms with Crippen LogP contribution in [0.3, 0.4) is 0 Å². The third kappa shape index (κ3) is 4.61. The van der Waals surface area contributed by atoms with Gasteiger partial charge in [-0.2, -0.15) is 0 Å². The van der Waals surface area contributed by atoms with Crippen LogP contribution in [0.25, 0.3) is 11.1 Å². The van der Waals surface area contributed by atoms with E-state index in [0.29, 0.717) is 12.4 Å².